The summed E-state index contributed by atoms with van der Waals surface area (Å²) in [6.07, 6.45) is 2.32. The highest BCUT2D eigenvalue weighted by Gasteiger charge is 2.16. The summed E-state index contributed by atoms with van der Waals surface area (Å²) in [5, 5.41) is 10.1. The molecule has 0 aliphatic carbocycles. The van der Waals surface area contributed by atoms with Gasteiger partial charge in [-0.15, -0.1) is 0 Å². The molecule has 0 fully saturated rings. The molecule has 3 rings (SSSR count). The molecule has 3 aromatic rings. The third kappa shape index (κ3) is 1.85. The van der Waals surface area contributed by atoms with Gasteiger partial charge in [-0.05, 0) is 13.0 Å². The Hall–Kier alpha value is -2.07. The highest BCUT2D eigenvalue weighted by molar-refractivity contribution is 5.93. The lowest BCUT2D eigenvalue weighted by Crippen LogP contribution is -2.01. The first kappa shape index (κ1) is 12.0. The summed E-state index contributed by atoms with van der Waals surface area (Å²) in [4.78, 5) is 4.63. The molecule has 2 aromatic heterocycles. The van der Waals surface area contributed by atoms with Gasteiger partial charge in [-0.2, -0.15) is 0 Å². The molecule has 0 saturated heterocycles. The number of furan rings is 1. The van der Waals surface area contributed by atoms with Crippen LogP contribution in [-0.2, 0) is 13.5 Å². The fourth-order valence-electron chi connectivity index (χ4n) is 2.38. The molecule has 1 aromatic carbocycles. The van der Waals surface area contributed by atoms with Crippen LogP contribution in [0.2, 0.25) is 0 Å². The van der Waals surface area contributed by atoms with Crippen LogP contribution in [-0.4, -0.2) is 21.3 Å². The maximum absolute atomic E-state index is 9.07. The Morgan fingerprint density at radius 3 is 2.89 bits per heavy atom. The lowest BCUT2D eigenvalue weighted by molar-refractivity contribution is 0.295. The largest absolute Gasteiger partial charge is 0.464 e. The quantitative estimate of drug-likeness (QED) is 0.783. The highest BCUT2D eigenvalue weighted by atomic mass is 16.3. The first-order valence-electron chi connectivity index (χ1n) is 6.32. The van der Waals surface area contributed by atoms with Gasteiger partial charge in [0, 0.05) is 30.1 Å². The molecule has 0 unspecified atom stereocenters. The van der Waals surface area contributed by atoms with Crippen LogP contribution in [0.1, 0.15) is 11.5 Å². The molecule has 0 aliphatic rings. The molecule has 0 radical (unpaired) electrons. The van der Waals surface area contributed by atoms with Crippen molar-refractivity contribution in [2.24, 2.45) is 7.05 Å². The van der Waals surface area contributed by atoms with Gasteiger partial charge in [-0.3, -0.25) is 0 Å². The lowest BCUT2D eigenvalue weighted by atomic mass is 10.1. The number of para-hydroxylation sites is 1. The molecule has 0 saturated carbocycles. The second kappa shape index (κ2) is 4.55. The average molecular weight is 256 g/mol. The first-order valence-corrected chi connectivity index (χ1v) is 6.32. The molecule has 0 bridgehead atoms. The summed E-state index contributed by atoms with van der Waals surface area (Å²) in [5.41, 5.74) is 3.88. The maximum atomic E-state index is 9.07. The van der Waals surface area contributed by atoms with E-state index in [1.165, 1.54) is 0 Å². The molecule has 1 N–H and O–H groups in total. The number of aliphatic hydroxyl groups is 1. The Kier molecular flexibility index (Phi) is 2.87. The van der Waals surface area contributed by atoms with Crippen molar-refractivity contribution in [2.75, 3.05) is 6.61 Å². The minimum atomic E-state index is 0.107. The Morgan fingerprint density at radius 2 is 2.11 bits per heavy atom. The number of imidazole rings is 1. The minimum absolute atomic E-state index is 0.107. The van der Waals surface area contributed by atoms with Crippen molar-refractivity contribution in [3.63, 3.8) is 0 Å². The van der Waals surface area contributed by atoms with E-state index in [1.54, 1.807) is 6.26 Å². The molecule has 0 amide bonds. The molecular formula is C15H16N2O2. The van der Waals surface area contributed by atoms with Crippen LogP contribution in [0.25, 0.3) is 22.2 Å². The van der Waals surface area contributed by atoms with Crippen LogP contribution in [0.5, 0.6) is 0 Å². The second-order valence-electron chi connectivity index (χ2n) is 4.64. The van der Waals surface area contributed by atoms with Crippen LogP contribution in [0.3, 0.4) is 0 Å². The van der Waals surface area contributed by atoms with E-state index in [9.17, 15) is 0 Å². The van der Waals surface area contributed by atoms with E-state index in [2.05, 4.69) is 4.98 Å². The van der Waals surface area contributed by atoms with Crippen molar-refractivity contribution in [3.8, 4) is 11.3 Å². The van der Waals surface area contributed by atoms with Crippen molar-refractivity contribution in [1.29, 1.82) is 0 Å². The fourth-order valence-corrected chi connectivity index (χ4v) is 2.38. The third-order valence-corrected chi connectivity index (χ3v) is 3.55. The van der Waals surface area contributed by atoms with E-state index in [0.29, 0.717) is 6.42 Å². The SMILES string of the molecule is Cc1c(-c2coc3ccccc23)nc(CCO)n1C. The highest BCUT2D eigenvalue weighted by Crippen LogP contribution is 2.31. The molecule has 98 valence electrons. The van der Waals surface area contributed by atoms with Crippen LogP contribution in [0, 0.1) is 6.92 Å². The van der Waals surface area contributed by atoms with Crippen molar-refractivity contribution in [2.45, 2.75) is 13.3 Å². The number of aromatic nitrogens is 2. The number of aliphatic hydroxyl groups excluding tert-OH is 1. The normalized spacial score (nSPS) is 11.3. The number of hydrogen-bond donors (Lipinski definition) is 1. The second-order valence-corrected chi connectivity index (χ2v) is 4.64. The predicted octanol–water partition coefficient (Wildman–Crippen LogP) is 2.68. The lowest BCUT2D eigenvalue weighted by Gasteiger charge is -2.00. The Morgan fingerprint density at radius 1 is 1.32 bits per heavy atom. The van der Waals surface area contributed by atoms with Gasteiger partial charge in [-0.25, -0.2) is 4.98 Å². The number of nitrogens with zero attached hydrogens (tertiary/aromatic N) is 2. The van der Waals surface area contributed by atoms with Crippen molar-refractivity contribution >= 4 is 11.0 Å². The molecule has 19 heavy (non-hydrogen) atoms. The van der Waals surface area contributed by atoms with E-state index < -0.39 is 0 Å². The molecule has 4 nitrogen and oxygen atoms in total. The van der Waals surface area contributed by atoms with Gasteiger partial charge in [0.2, 0.25) is 0 Å². The van der Waals surface area contributed by atoms with Gasteiger partial charge < -0.3 is 14.1 Å². The molecule has 0 atom stereocenters. The summed E-state index contributed by atoms with van der Waals surface area (Å²) in [5.74, 6) is 0.889. The zero-order valence-corrected chi connectivity index (χ0v) is 11.1. The van der Waals surface area contributed by atoms with Crippen LogP contribution < -0.4 is 0 Å². The monoisotopic (exact) mass is 256 g/mol. The van der Waals surface area contributed by atoms with Gasteiger partial charge in [0.05, 0.1) is 12.3 Å². The van der Waals surface area contributed by atoms with E-state index in [1.807, 2.05) is 42.8 Å². The van der Waals surface area contributed by atoms with Crippen molar-refractivity contribution in [3.05, 3.63) is 42.0 Å². The molecular weight excluding hydrogens is 240 g/mol. The summed E-state index contributed by atoms with van der Waals surface area (Å²) in [7, 11) is 1.97. The van der Waals surface area contributed by atoms with Crippen LogP contribution in [0.15, 0.2) is 34.9 Å². The third-order valence-electron chi connectivity index (χ3n) is 3.55. The summed E-state index contributed by atoms with van der Waals surface area (Å²) in [6, 6.07) is 7.94. The summed E-state index contributed by atoms with van der Waals surface area (Å²) in [6.45, 7) is 2.14. The smallest absolute Gasteiger partial charge is 0.134 e. The average Bonchev–Trinajstić information content (AvgIpc) is 2.96. The van der Waals surface area contributed by atoms with Gasteiger partial charge in [-0.1, -0.05) is 18.2 Å². The van der Waals surface area contributed by atoms with Gasteiger partial charge in [0.25, 0.3) is 0 Å². The molecule has 0 spiro atoms. The van der Waals surface area contributed by atoms with E-state index in [-0.39, 0.29) is 6.61 Å². The number of fused-ring (bicyclic) bond motifs is 1. The van der Waals surface area contributed by atoms with Gasteiger partial charge in [0.1, 0.15) is 17.7 Å². The van der Waals surface area contributed by atoms with E-state index in [0.717, 1.165) is 33.7 Å². The first-order chi connectivity index (χ1) is 9.22. The predicted molar refractivity (Wildman–Crippen MR) is 73.9 cm³/mol. The van der Waals surface area contributed by atoms with E-state index in [4.69, 9.17) is 9.52 Å². The fraction of sp³-hybridized carbons (Fsp3) is 0.267. The molecule has 0 aliphatic heterocycles. The maximum Gasteiger partial charge on any atom is 0.134 e. The minimum Gasteiger partial charge on any atom is -0.464 e. The van der Waals surface area contributed by atoms with Gasteiger partial charge >= 0.3 is 0 Å². The standard InChI is InChI=1S/C15H16N2O2/c1-10-15(16-14(7-8-18)17(10)2)12-9-19-13-6-4-3-5-11(12)13/h3-6,9,18H,7-8H2,1-2H3. The zero-order chi connectivity index (χ0) is 13.4. The van der Waals surface area contributed by atoms with Crippen molar-refractivity contribution < 1.29 is 9.52 Å². The summed E-state index contributed by atoms with van der Waals surface area (Å²) < 4.78 is 7.59. The molecule has 4 heteroatoms. The van der Waals surface area contributed by atoms with Gasteiger partial charge in [0.15, 0.2) is 0 Å². The Bertz CT molecular complexity index is 725. The molecule has 2 heterocycles. The van der Waals surface area contributed by atoms with Crippen LogP contribution >= 0.6 is 0 Å². The number of hydrogen-bond acceptors (Lipinski definition) is 3. The Balaban J connectivity index is 2.19. The van der Waals surface area contributed by atoms with Crippen molar-refractivity contribution in [1.82, 2.24) is 9.55 Å². The topological polar surface area (TPSA) is 51.2 Å². The summed E-state index contributed by atoms with van der Waals surface area (Å²) >= 11 is 0. The zero-order valence-electron chi connectivity index (χ0n) is 11.1. The van der Waals surface area contributed by atoms with Crippen LogP contribution in [0.4, 0.5) is 0 Å². The number of rotatable bonds is 3. The Labute approximate surface area is 111 Å². The van der Waals surface area contributed by atoms with E-state index >= 15 is 0 Å². The number of benzene rings is 1.